The maximum atomic E-state index is 11.6. The van der Waals surface area contributed by atoms with Gasteiger partial charge in [0, 0.05) is 13.0 Å². The van der Waals surface area contributed by atoms with Gasteiger partial charge in [0.2, 0.25) is 5.91 Å². The molecule has 21 heavy (non-hydrogen) atoms. The number of carboxylic acids is 1. The Morgan fingerprint density at radius 3 is 2.57 bits per heavy atom. The number of aliphatic carboxylic acids is 1. The maximum absolute atomic E-state index is 11.6. The Balaban J connectivity index is 2.39. The average Bonchev–Trinajstić information content (AvgIpc) is 2.42. The molecule has 0 aliphatic carbocycles. The van der Waals surface area contributed by atoms with Gasteiger partial charge in [-0.3, -0.25) is 4.79 Å². The maximum Gasteiger partial charge on any atom is 0.326 e. The highest BCUT2D eigenvalue weighted by Crippen LogP contribution is 2.16. The van der Waals surface area contributed by atoms with Gasteiger partial charge in [-0.1, -0.05) is 6.07 Å². The van der Waals surface area contributed by atoms with Crippen LogP contribution >= 0.6 is 0 Å². The molecule has 6 nitrogen and oxygen atoms in total. The van der Waals surface area contributed by atoms with Crippen molar-refractivity contribution in [1.29, 1.82) is 0 Å². The number of amides is 1. The Kier molecular flexibility index (Phi) is 6.68. The van der Waals surface area contributed by atoms with Crippen LogP contribution in [0.2, 0.25) is 0 Å². The molecule has 0 spiro atoms. The molecular weight excluding hydrogens is 274 g/mol. The van der Waals surface area contributed by atoms with Crippen LogP contribution in [0.3, 0.4) is 0 Å². The van der Waals surface area contributed by atoms with Crippen molar-refractivity contribution in [1.82, 2.24) is 5.32 Å². The van der Waals surface area contributed by atoms with Crippen LogP contribution in [0.4, 0.5) is 0 Å². The minimum Gasteiger partial charge on any atom is -0.493 e. The average molecular weight is 295 g/mol. The SMILES string of the molecule is Cc1ccc(OCCC(=O)NC(CCO)C(=O)O)cc1C. The topological polar surface area (TPSA) is 95.9 Å². The number of aliphatic hydroxyl groups excluding tert-OH is 1. The first-order valence-electron chi connectivity index (χ1n) is 6.77. The highest BCUT2D eigenvalue weighted by molar-refractivity contribution is 5.83. The lowest BCUT2D eigenvalue weighted by Gasteiger charge is -2.13. The molecule has 3 N–H and O–H groups in total. The summed E-state index contributed by atoms with van der Waals surface area (Å²) in [5.74, 6) is -0.900. The van der Waals surface area contributed by atoms with Crippen molar-refractivity contribution in [3.63, 3.8) is 0 Å². The van der Waals surface area contributed by atoms with Crippen molar-refractivity contribution in [3.8, 4) is 5.75 Å². The summed E-state index contributed by atoms with van der Waals surface area (Å²) >= 11 is 0. The zero-order valence-electron chi connectivity index (χ0n) is 12.3. The van der Waals surface area contributed by atoms with Gasteiger partial charge in [0.25, 0.3) is 0 Å². The van der Waals surface area contributed by atoms with Gasteiger partial charge in [0.05, 0.1) is 13.0 Å². The molecule has 0 aliphatic heterocycles. The lowest BCUT2D eigenvalue weighted by molar-refractivity contribution is -0.142. The molecule has 1 rings (SSSR count). The number of hydrogen-bond acceptors (Lipinski definition) is 4. The second-order valence-electron chi connectivity index (χ2n) is 4.82. The van der Waals surface area contributed by atoms with E-state index in [4.69, 9.17) is 14.9 Å². The molecule has 1 amide bonds. The minimum atomic E-state index is -1.16. The number of rotatable bonds is 8. The summed E-state index contributed by atoms with van der Waals surface area (Å²) in [6.45, 7) is 3.84. The summed E-state index contributed by atoms with van der Waals surface area (Å²) in [6.07, 6.45) is 0.0429. The van der Waals surface area contributed by atoms with Gasteiger partial charge in [-0.15, -0.1) is 0 Å². The normalized spacial score (nSPS) is 11.8. The lowest BCUT2D eigenvalue weighted by atomic mass is 10.1. The highest BCUT2D eigenvalue weighted by Gasteiger charge is 2.18. The Bertz CT molecular complexity index is 501. The number of hydrogen-bond donors (Lipinski definition) is 3. The third-order valence-corrected chi connectivity index (χ3v) is 3.13. The molecule has 6 heteroatoms. The molecule has 0 aromatic heterocycles. The molecular formula is C15H21NO5. The van der Waals surface area contributed by atoms with Gasteiger partial charge in [-0.05, 0) is 37.1 Å². The van der Waals surface area contributed by atoms with Gasteiger partial charge in [0.15, 0.2) is 0 Å². The van der Waals surface area contributed by atoms with Gasteiger partial charge in [0.1, 0.15) is 11.8 Å². The third kappa shape index (κ3) is 5.83. The first kappa shape index (κ1) is 17.0. The number of nitrogens with one attached hydrogen (secondary N) is 1. The zero-order valence-corrected chi connectivity index (χ0v) is 12.3. The van der Waals surface area contributed by atoms with Crippen LogP contribution in [-0.2, 0) is 9.59 Å². The van der Waals surface area contributed by atoms with E-state index >= 15 is 0 Å². The van der Waals surface area contributed by atoms with Gasteiger partial charge < -0.3 is 20.3 Å². The van der Waals surface area contributed by atoms with Crippen molar-refractivity contribution in [2.45, 2.75) is 32.7 Å². The smallest absolute Gasteiger partial charge is 0.326 e. The van der Waals surface area contributed by atoms with E-state index in [1.807, 2.05) is 32.0 Å². The Hall–Kier alpha value is -2.08. The molecule has 1 aromatic rings. The van der Waals surface area contributed by atoms with Crippen molar-refractivity contribution in [3.05, 3.63) is 29.3 Å². The Morgan fingerprint density at radius 2 is 2.00 bits per heavy atom. The molecule has 0 fully saturated rings. The largest absolute Gasteiger partial charge is 0.493 e. The Morgan fingerprint density at radius 1 is 1.29 bits per heavy atom. The fourth-order valence-electron chi connectivity index (χ4n) is 1.72. The molecule has 1 aromatic carbocycles. The van der Waals surface area contributed by atoms with Gasteiger partial charge in [-0.2, -0.15) is 0 Å². The van der Waals surface area contributed by atoms with Crippen molar-refractivity contribution >= 4 is 11.9 Å². The number of aryl methyl sites for hydroxylation is 2. The number of carboxylic acid groups (broad SMARTS) is 1. The third-order valence-electron chi connectivity index (χ3n) is 3.13. The van der Waals surface area contributed by atoms with E-state index in [2.05, 4.69) is 5.32 Å². The van der Waals surface area contributed by atoms with Crippen molar-refractivity contribution in [2.24, 2.45) is 0 Å². The van der Waals surface area contributed by atoms with Crippen LogP contribution in [0.25, 0.3) is 0 Å². The Labute approximate surface area is 123 Å². The second-order valence-corrected chi connectivity index (χ2v) is 4.82. The number of ether oxygens (including phenoxy) is 1. The van der Waals surface area contributed by atoms with Crippen LogP contribution in [0.5, 0.6) is 5.75 Å². The molecule has 0 saturated heterocycles. The summed E-state index contributed by atoms with van der Waals surface area (Å²) in [5.41, 5.74) is 2.26. The number of aliphatic hydroxyl groups is 1. The van der Waals surface area contributed by atoms with Crippen LogP contribution in [-0.4, -0.2) is 41.3 Å². The monoisotopic (exact) mass is 295 g/mol. The van der Waals surface area contributed by atoms with Gasteiger partial charge >= 0.3 is 5.97 Å². The van der Waals surface area contributed by atoms with E-state index in [9.17, 15) is 9.59 Å². The summed E-state index contributed by atoms with van der Waals surface area (Å²) < 4.78 is 5.46. The summed E-state index contributed by atoms with van der Waals surface area (Å²) in [7, 11) is 0. The molecule has 0 aliphatic rings. The molecule has 1 unspecified atom stereocenters. The molecule has 0 heterocycles. The van der Waals surface area contributed by atoms with E-state index in [1.54, 1.807) is 0 Å². The van der Waals surface area contributed by atoms with Crippen LogP contribution in [0, 0.1) is 13.8 Å². The predicted molar refractivity (Wildman–Crippen MR) is 77.3 cm³/mol. The zero-order chi connectivity index (χ0) is 15.8. The number of benzene rings is 1. The van der Waals surface area contributed by atoms with Gasteiger partial charge in [-0.25, -0.2) is 4.79 Å². The predicted octanol–water partition coefficient (Wildman–Crippen LogP) is 1.02. The van der Waals surface area contributed by atoms with E-state index in [0.29, 0.717) is 5.75 Å². The van der Waals surface area contributed by atoms with E-state index in [-0.39, 0.29) is 26.1 Å². The summed E-state index contributed by atoms with van der Waals surface area (Å²) in [5, 5.41) is 19.9. The first-order valence-corrected chi connectivity index (χ1v) is 6.77. The van der Waals surface area contributed by atoms with E-state index in [1.165, 1.54) is 0 Å². The standard InChI is InChI=1S/C15H21NO5/c1-10-3-4-12(9-11(10)2)21-8-6-14(18)16-13(5-7-17)15(19)20/h3-4,9,13,17H,5-8H2,1-2H3,(H,16,18)(H,19,20). The van der Waals surface area contributed by atoms with Crippen molar-refractivity contribution in [2.75, 3.05) is 13.2 Å². The van der Waals surface area contributed by atoms with Crippen LogP contribution in [0.15, 0.2) is 18.2 Å². The number of carbonyl (C=O) groups excluding carboxylic acids is 1. The summed E-state index contributed by atoms with van der Waals surface area (Å²) in [6, 6.07) is 4.58. The summed E-state index contributed by atoms with van der Waals surface area (Å²) in [4.78, 5) is 22.4. The van der Waals surface area contributed by atoms with Crippen molar-refractivity contribution < 1.29 is 24.5 Å². The molecule has 0 bridgehead atoms. The molecule has 0 saturated carbocycles. The quantitative estimate of drug-likeness (QED) is 0.665. The van der Waals surface area contributed by atoms with E-state index in [0.717, 1.165) is 11.1 Å². The minimum absolute atomic E-state index is 0.0148. The van der Waals surface area contributed by atoms with E-state index < -0.39 is 17.9 Å². The number of carbonyl (C=O) groups is 2. The highest BCUT2D eigenvalue weighted by atomic mass is 16.5. The second kappa shape index (κ2) is 8.26. The lowest BCUT2D eigenvalue weighted by Crippen LogP contribution is -2.41. The fraction of sp³-hybridized carbons (Fsp3) is 0.467. The molecule has 116 valence electrons. The molecule has 0 radical (unpaired) electrons. The fourth-order valence-corrected chi connectivity index (χ4v) is 1.72. The van der Waals surface area contributed by atoms with Crippen LogP contribution < -0.4 is 10.1 Å². The molecule has 1 atom stereocenters. The van der Waals surface area contributed by atoms with Crippen LogP contribution in [0.1, 0.15) is 24.0 Å². The first-order chi connectivity index (χ1) is 9.93.